The normalized spacial score (nSPS) is 14.1. The van der Waals surface area contributed by atoms with Crippen molar-refractivity contribution in [2.75, 3.05) is 38.7 Å². The van der Waals surface area contributed by atoms with Gasteiger partial charge in [0.15, 0.2) is 0 Å². The third-order valence-electron chi connectivity index (χ3n) is 3.29. The zero-order chi connectivity index (χ0) is 14.4. The molecule has 0 bridgehead atoms. The first-order chi connectivity index (χ1) is 9.70. The quantitative estimate of drug-likeness (QED) is 0.739. The van der Waals surface area contributed by atoms with Crippen LogP contribution in [0.4, 0.5) is 5.82 Å². The standard InChI is InChI=1S/C15H23N3O2/c1-3-16-14-6-4-5-13(17-14)15(19)18(2)9-10-20-11-12-7-8-12/h4-6,12H,3,7-11H2,1-2H3,(H,16,17). The number of carbonyl (C=O) groups is 1. The lowest BCUT2D eigenvalue weighted by Gasteiger charge is -2.17. The van der Waals surface area contributed by atoms with E-state index in [4.69, 9.17) is 4.74 Å². The van der Waals surface area contributed by atoms with Crippen molar-refractivity contribution in [3.8, 4) is 0 Å². The Balaban J connectivity index is 1.80. The third kappa shape index (κ3) is 4.49. The van der Waals surface area contributed by atoms with Crippen molar-refractivity contribution >= 4 is 11.7 Å². The number of hydrogen-bond donors (Lipinski definition) is 1. The lowest BCUT2D eigenvalue weighted by molar-refractivity contribution is 0.0676. The van der Waals surface area contributed by atoms with Gasteiger partial charge in [-0.05, 0) is 37.8 Å². The van der Waals surface area contributed by atoms with E-state index in [-0.39, 0.29) is 5.91 Å². The van der Waals surface area contributed by atoms with E-state index in [1.807, 2.05) is 19.1 Å². The molecule has 1 fully saturated rings. The van der Waals surface area contributed by atoms with Crippen molar-refractivity contribution in [1.29, 1.82) is 0 Å². The van der Waals surface area contributed by atoms with E-state index in [1.54, 1.807) is 18.0 Å². The van der Waals surface area contributed by atoms with Gasteiger partial charge in [0.1, 0.15) is 11.5 Å². The number of amides is 1. The van der Waals surface area contributed by atoms with Crippen molar-refractivity contribution in [2.24, 2.45) is 5.92 Å². The van der Waals surface area contributed by atoms with Crippen LogP contribution in [0, 0.1) is 5.92 Å². The molecule has 1 heterocycles. The molecule has 5 heteroatoms. The number of likely N-dealkylation sites (N-methyl/N-ethyl adjacent to an activating group) is 1. The SMILES string of the molecule is CCNc1cccc(C(=O)N(C)CCOCC2CC2)n1. The average molecular weight is 277 g/mol. The van der Waals surface area contributed by atoms with Crippen LogP contribution in [0.2, 0.25) is 0 Å². The molecule has 0 atom stereocenters. The molecule has 1 saturated carbocycles. The van der Waals surface area contributed by atoms with Gasteiger partial charge in [0, 0.05) is 26.7 Å². The Bertz CT molecular complexity index is 446. The van der Waals surface area contributed by atoms with Crippen molar-refractivity contribution in [3.05, 3.63) is 23.9 Å². The summed E-state index contributed by atoms with van der Waals surface area (Å²) in [5, 5.41) is 3.11. The monoisotopic (exact) mass is 277 g/mol. The zero-order valence-electron chi connectivity index (χ0n) is 12.3. The van der Waals surface area contributed by atoms with Gasteiger partial charge in [0.2, 0.25) is 0 Å². The summed E-state index contributed by atoms with van der Waals surface area (Å²) in [7, 11) is 1.78. The van der Waals surface area contributed by atoms with Crippen LogP contribution in [-0.2, 0) is 4.74 Å². The molecule has 2 rings (SSSR count). The highest BCUT2D eigenvalue weighted by Gasteiger charge is 2.21. The molecular formula is C15H23N3O2. The Hall–Kier alpha value is -1.62. The summed E-state index contributed by atoms with van der Waals surface area (Å²) in [6, 6.07) is 5.44. The molecule has 1 amide bonds. The van der Waals surface area contributed by atoms with Crippen LogP contribution in [0.5, 0.6) is 0 Å². The van der Waals surface area contributed by atoms with E-state index < -0.39 is 0 Å². The number of anilines is 1. The smallest absolute Gasteiger partial charge is 0.272 e. The highest BCUT2D eigenvalue weighted by molar-refractivity contribution is 5.92. The second-order valence-electron chi connectivity index (χ2n) is 5.18. The average Bonchev–Trinajstić information content (AvgIpc) is 3.27. The van der Waals surface area contributed by atoms with Crippen molar-refractivity contribution < 1.29 is 9.53 Å². The second-order valence-corrected chi connectivity index (χ2v) is 5.18. The van der Waals surface area contributed by atoms with E-state index in [9.17, 15) is 4.79 Å². The van der Waals surface area contributed by atoms with Crippen LogP contribution in [0.25, 0.3) is 0 Å². The highest BCUT2D eigenvalue weighted by Crippen LogP contribution is 2.28. The number of nitrogens with zero attached hydrogens (tertiary/aromatic N) is 2. The van der Waals surface area contributed by atoms with Crippen LogP contribution < -0.4 is 5.32 Å². The van der Waals surface area contributed by atoms with Crippen LogP contribution >= 0.6 is 0 Å². The van der Waals surface area contributed by atoms with Gasteiger partial charge in [-0.25, -0.2) is 4.98 Å². The number of pyridine rings is 1. The Morgan fingerprint density at radius 1 is 1.50 bits per heavy atom. The maximum Gasteiger partial charge on any atom is 0.272 e. The van der Waals surface area contributed by atoms with Crippen LogP contribution in [0.1, 0.15) is 30.3 Å². The molecule has 5 nitrogen and oxygen atoms in total. The summed E-state index contributed by atoms with van der Waals surface area (Å²) < 4.78 is 5.55. The van der Waals surface area contributed by atoms with Crippen molar-refractivity contribution in [2.45, 2.75) is 19.8 Å². The lowest BCUT2D eigenvalue weighted by Crippen LogP contribution is -2.31. The number of ether oxygens (including phenoxy) is 1. The minimum absolute atomic E-state index is 0.0697. The van der Waals surface area contributed by atoms with Gasteiger partial charge in [-0.2, -0.15) is 0 Å². The number of nitrogens with one attached hydrogen (secondary N) is 1. The van der Waals surface area contributed by atoms with E-state index in [1.165, 1.54) is 12.8 Å². The third-order valence-corrected chi connectivity index (χ3v) is 3.29. The fourth-order valence-electron chi connectivity index (χ4n) is 1.87. The first-order valence-corrected chi connectivity index (χ1v) is 7.25. The molecule has 0 spiro atoms. The van der Waals surface area contributed by atoms with E-state index >= 15 is 0 Å². The molecule has 1 aromatic rings. The molecule has 1 N–H and O–H groups in total. The lowest BCUT2D eigenvalue weighted by atomic mass is 10.3. The molecule has 0 unspecified atom stereocenters. The Kier molecular flexibility index (Phi) is 5.35. The van der Waals surface area contributed by atoms with Gasteiger partial charge < -0.3 is 15.0 Å². The maximum absolute atomic E-state index is 12.2. The molecule has 0 aliphatic heterocycles. The topological polar surface area (TPSA) is 54.5 Å². The molecule has 1 aliphatic rings. The fraction of sp³-hybridized carbons (Fsp3) is 0.600. The van der Waals surface area contributed by atoms with Crippen LogP contribution in [0.15, 0.2) is 18.2 Å². The fourth-order valence-corrected chi connectivity index (χ4v) is 1.87. The molecule has 0 radical (unpaired) electrons. The van der Waals surface area contributed by atoms with E-state index in [0.29, 0.717) is 18.8 Å². The zero-order valence-corrected chi connectivity index (χ0v) is 12.3. The predicted octanol–water partition coefficient (Wildman–Crippen LogP) is 2.01. The summed E-state index contributed by atoms with van der Waals surface area (Å²) in [4.78, 5) is 18.2. The first kappa shape index (κ1) is 14.8. The maximum atomic E-state index is 12.2. The van der Waals surface area contributed by atoms with Crippen molar-refractivity contribution in [1.82, 2.24) is 9.88 Å². The molecule has 110 valence electrons. The molecular weight excluding hydrogens is 254 g/mol. The Morgan fingerprint density at radius 2 is 2.30 bits per heavy atom. The van der Waals surface area contributed by atoms with Gasteiger partial charge in [-0.3, -0.25) is 4.79 Å². The van der Waals surface area contributed by atoms with E-state index in [2.05, 4.69) is 10.3 Å². The number of hydrogen-bond acceptors (Lipinski definition) is 4. The molecule has 0 aromatic carbocycles. The van der Waals surface area contributed by atoms with Gasteiger partial charge in [-0.15, -0.1) is 0 Å². The van der Waals surface area contributed by atoms with Crippen LogP contribution in [0.3, 0.4) is 0 Å². The number of carbonyl (C=O) groups excluding carboxylic acids is 1. The molecule has 20 heavy (non-hydrogen) atoms. The van der Waals surface area contributed by atoms with Crippen molar-refractivity contribution in [3.63, 3.8) is 0 Å². The van der Waals surface area contributed by atoms with Gasteiger partial charge in [0.05, 0.1) is 6.61 Å². The van der Waals surface area contributed by atoms with Gasteiger partial charge >= 0.3 is 0 Å². The Labute approximate surface area is 120 Å². The minimum Gasteiger partial charge on any atom is -0.379 e. The van der Waals surface area contributed by atoms with Gasteiger partial charge in [-0.1, -0.05) is 6.07 Å². The summed E-state index contributed by atoms with van der Waals surface area (Å²) in [6.07, 6.45) is 2.58. The number of rotatable bonds is 8. The largest absolute Gasteiger partial charge is 0.379 e. The summed E-state index contributed by atoms with van der Waals surface area (Å²) >= 11 is 0. The minimum atomic E-state index is -0.0697. The molecule has 1 aliphatic carbocycles. The number of aromatic nitrogens is 1. The predicted molar refractivity (Wildman–Crippen MR) is 78.9 cm³/mol. The first-order valence-electron chi connectivity index (χ1n) is 7.25. The molecule has 0 saturated heterocycles. The second kappa shape index (κ2) is 7.24. The van der Waals surface area contributed by atoms with E-state index in [0.717, 1.165) is 24.9 Å². The summed E-state index contributed by atoms with van der Waals surface area (Å²) in [6.45, 7) is 4.80. The highest BCUT2D eigenvalue weighted by atomic mass is 16.5. The Morgan fingerprint density at radius 3 is 3.00 bits per heavy atom. The molecule has 1 aromatic heterocycles. The summed E-state index contributed by atoms with van der Waals surface area (Å²) in [5.41, 5.74) is 0.466. The summed E-state index contributed by atoms with van der Waals surface area (Å²) in [5.74, 6) is 1.42. The van der Waals surface area contributed by atoms with Crippen LogP contribution in [-0.4, -0.2) is 49.1 Å². The van der Waals surface area contributed by atoms with Gasteiger partial charge in [0.25, 0.3) is 5.91 Å².